The molecule has 0 saturated heterocycles. The molecule has 0 amide bonds. The molecule has 14 heavy (non-hydrogen) atoms. The summed E-state index contributed by atoms with van der Waals surface area (Å²) in [5, 5.41) is 0. The maximum absolute atomic E-state index is 12.0. The van der Waals surface area contributed by atoms with Crippen molar-refractivity contribution in [3.05, 3.63) is 36.0 Å². The van der Waals surface area contributed by atoms with Gasteiger partial charge in [0, 0.05) is 11.1 Å². The molecular formula is C10H11F3O. The van der Waals surface area contributed by atoms with Crippen molar-refractivity contribution in [2.75, 3.05) is 0 Å². The van der Waals surface area contributed by atoms with Gasteiger partial charge in [-0.2, -0.15) is 13.2 Å². The Balaban J connectivity index is 4.85. The normalized spacial score (nSPS) is 14.1. The van der Waals surface area contributed by atoms with Gasteiger partial charge < -0.3 is 0 Å². The molecule has 78 valence electrons. The lowest BCUT2D eigenvalue weighted by molar-refractivity contribution is -0.113. The summed E-state index contributed by atoms with van der Waals surface area (Å²) in [6.45, 7) is 5.53. The molecule has 1 nitrogen and oxygen atoms in total. The molecule has 0 aromatic heterocycles. The molecule has 0 fully saturated rings. The van der Waals surface area contributed by atoms with E-state index in [4.69, 9.17) is 0 Å². The van der Waals surface area contributed by atoms with Gasteiger partial charge in [-0.25, -0.2) is 0 Å². The molecule has 0 aliphatic heterocycles. The van der Waals surface area contributed by atoms with Gasteiger partial charge >= 0.3 is 6.18 Å². The Morgan fingerprint density at radius 1 is 1.21 bits per heavy atom. The Morgan fingerprint density at radius 2 is 1.71 bits per heavy atom. The van der Waals surface area contributed by atoms with Crippen LogP contribution in [0.5, 0.6) is 0 Å². The number of alkyl halides is 3. The molecule has 4 heteroatoms. The number of carbonyl (C=O) groups is 1. The van der Waals surface area contributed by atoms with Crippen LogP contribution in [0.25, 0.3) is 0 Å². The number of Topliss-reactive ketones (excluding diaryl/α,β-unsaturated/α-hetero) is 1. The van der Waals surface area contributed by atoms with E-state index in [9.17, 15) is 18.0 Å². The van der Waals surface area contributed by atoms with Crippen LogP contribution in [-0.4, -0.2) is 12.0 Å². The molecule has 0 unspecified atom stereocenters. The quantitative estimate of drug-likeness (QED) is 0.509. The maximum Gasteiger partial charge on any atom is 0.412 e. The predicted molar refractivity (Wildman–Crippen MR) is 48.8 cm³/mol. The van der Waals surface area contributed by atoms with E-state index in [0.717, 1.165) is 19.1 Å². The minimum atomic E-state index is -4.35. The van der Waals surface area contributed by atoms with Gasteiger partial charge in [-0.15, -0.1) is 0 Å². The first kappa shape index (κ1) is 12.7. The summed E-state index contributed by atoms with van der Waals surface area (Å²) in [7, 11) is 0. The smallest absolute Gasteiger partial charge is 0.295 e. The summed E-state index contributed by atoms with van der Waals surface area (Å²) < 4.78 is 36.0. The van der Waals surface area contributed by atoms with E-state index in [0.29, 0.717) is 0 Å². The van der Waals surface area contributed by atoms with E-state index >= 15 is 0 Å². The van der Waals surface area contributed by atoms with E-state index in [1.807, 2.05) is 0 Å². The molecule has 0 radical (unpaired) electrons. The Morgan fingerprint density at radius 3 is 2.00 bits per heavy atom. The minimum absolute atomic E-state index is 0.161. The lowest BCUT2D eigenvalue weighted by Gasteiger charge is -2.04. The van der Waals surface area contributed by atoms with Gasteiger partial charge in [0.25, 0.3) is 0 Å². The summed E-state index contributed by atoms with van der Waals surface area (Å²) in [6, 6.07) is 0. The Kier molecular flexibility index (Phi) is 4.34. The largest absolute Gasteiger partial charge is 0.412 e. The second-order valence-electron chi connectivity index (χ2n) is 2.73. The Labute approximate surface area is 80.6 Å². The van der Waals surface area contributed by atoms with Crippen molar-refractivity contribution < 1.29 is 18.0 Å². The van der Waals surface area contributed by atoms with Crippen LogP contribution in [0.3, 0.4) is 0 Å². The van der Waals surface area contributed by atoms with Gasteiger partial charge in [0.1, 0.15) is 0 Å². The first-order chi connectivity index (χ1) is 6.29. The zero-order valence-corrected chi connectivity index (χ0v) is 7.98. The van der Waals surface area contributed by atoms with Crippen LogP contribution in [0.15, 0.2) is 36.0 Å². The van der Waals surface area contributed by atoms with Crippen LogP contribution in [0.4, 0.5) is 13.2 Å². The number of allylic oxidation sites excluding steroid dienone is 5. The summed E-state index contributed by atoms with van der Waals surface area (Å²) in [4.78, 5) is 10.8. The van der Waals surface area contributed by atoms with Gasteiger partial charge in [-0.05, 0) is 13.8 Å². The third kappa shape index (κ3) is 4.07. The molecule has 0 aromatic carbocycles. The van der Waals surface area contributed by atoms with Crippen LogP contribution in [0, 0.1) is 0 Å². The standard InChI is InChI=1S/C10H11F3O/c1-4-9(8(3)14)6-5-7(2)10(11,12)13/h4-6H,1H2,2-3H3/b7-5+,9-6+. The molecule has 0 rings (SSSR count). The summed E-state index contributed by atoms with van der Waals surface area (Å²) >= 11 is 0. The van der Waals surface area contributed by atoms with Crippen molar-refractivity contribution >= 4 is 5.78 Å². The second kappa shape index (κ2) is 4.79. The number of hydrogen-bond acceptors (Lipinski definition) is 1. The molecule has 0 N–H and O–H groups in total. The topological polar surface area (TPSA) is 17.1 Å². The molecule has 0 bridgehead atoms. The average molecular weight is 204 g/mol. The Bertz CT molecular complexity index is 295. The third-order valence-corrected chi connectivity index (χ3v) is 1.59. The first-order valence-corrected chi connectivity index (χ1v) is 3.88. The molecule has 0 saturated carbocycles. The third-order valence-electron chi connectivity index (χ3n) is 1.59. The molecule has 0 aliphatic rings. The van der Waals surface area contributed by atoms with E-state index in [1.165, 1.54) is 13.0 Å². The molecule has 0 aromatic rings. The first-order valence-electron chi connectivity index (χ1n) is 3.88. The van der Waals surface area contributed by atoms with Crippen molar-refractivity contribution in [2.45, 2.75) is 20.0 Å². The van der Waals surface area contributed by atoms with Crippen LogP contribution < -0.4 is 0 Å². The highest BCUT2D eigenvalue weighted by Crippen LogP contribution is 2.24. The number of halogens is 3. The number of carbonyl (C=O) groups excluding carboxylic acids is 1. The zero-order valence-electron chi connectivity index (χ0n) is 7.98. The predicted octanol–water partition coefficient (Wildman–Crippen LogP) is 3.20. The lowest BCUT2D eigenvalue weighted by Crippen LogP contribution is -2.08. The van der Waals surface area contributed by atoms with Crippen molar-refractivity contribution in [1.82, 2.24) is 0 Å². The minimum Gasteiger partial charge on any atom is -0.295 e. The van der Waals surface area contributed by atoms with Crippen LogP contribution in [0.2, 0.25) is 0 Å². The summed E-state index contributed by atoms with van der Waals surface area (Å²) in [5.41, 5.74) is -0.591. The average Bonchev–Trinajstić information content (AvgIpc) is 2.02. The molecule has 0 aliphatic carbocycles. The van der Waals surface area contributed by atoms with Crippen LogP contribution in [-0.2, 0) is 4.79 Å². The molecule has 0 heterocycles. The number of ketones is 1. The van der Waals surface area contributed by atoms with Gasteiger partial charge in [0.05, 0.1) is 0 Å². The highest BCUT2D eigenvalue weighted by Gasteiger charge is 2.29. The summed E-state index contributed by atoms with van der Waals surface area (Å²) in [6.07, 6.45) is -1.15. The van der Waals surface area contributed by atoms with E-state index in [-0.39, 0.29) is 11.4 Å². The van der Waals surface area contributed by atoms with Crippen molar-refractivity contribution in [3.8, 4) is 0 Å². The highest BCUT2D eigenvalue weighted by molar-refractivity contribution is 5.96. The van der Waals surface area contributed by atoms with E-state index < -0.39 is 11.7 Å². The number of rotatable bonds is 3. The van der Waals surface area contributed by atoms with Gasteiger partial charge in [0.15, 0.2) is 5.78 Å². The van der Waals surface area contributed by atoms with Crippen molar-refractivity contribution in [3.63, 3.8) is 0 Å². The molecule has 0 atom stereocenters. The van der Waals surface area contributed by atoms with Crippen molar-refractivity contribution in [2.24, 2.45) is 0 Å². The highest BCUT2D eigenvalue weighted by atomic mass is 19.4. The van der Waals surface area contributed by atoms with E-state index in [2.05, 4.69) is 6.58 Å². The van der Waals surface area contributed by atoms with Crippen LogP contribution >= 0.6 is 0 Å². The fourth-order valence-corrected chi connectivity index (χ4v) is 0.638. The summed E-state index contributed by atoms with van der Waals surface area (Å²) in [5.74, 6) is -0.314. The number of hydrogen-bond donors (Lipinski definition) is 0. The van der Waals surface area contributed by atoms with Gasteiger partial charge in [-0.1, -0.05) is 24.8 Å². The fourth-order valence-electron chi connectivity index (χ4n) is 0.638. The monoisotopic (exact) mass is 204 g/mol. The van der Waals surface area contributed by atoms with Crippen molar-refractivity contribution in [1.29, 1.82) is 0 Å². The fraction of sp³-hybridized carbons (Fsp3) is 0.300. The molecular weight excluding hydrogens is 193 g/mol. The maximum atomic E-state index is 12.0. The van der Waals surface area contributed by atoms with Crippen LogP contribution in [0.1, 0.15) is 13.8 Å². The lowest BCUT2D eigenvalue weighted by atomic mass is 10.1. The van der Waals surface area contributed by atoms with Gasteiger partial charge in [0.2, 0.25) is 0 Å². The van der Waals surface area contributed by atoms with E-state index in [1.54, 1.807) is 0 Å². The van der Waals surface area contributed by atoms with Gasteiger partial charge in [-0.3, -0.25) is 4.79 Å². The SMILES string of the molecule is C=C/C(=C\C=C(/C)C(F)(F)F)C(C)=O. The second-order valence-corrected chi connectivity index (χ2v) is 2.73. The molecule has 0 spiro atoms. The Hall–Kier alpha value is -1.32. The zero-order chi connectivity index (χ0) is 11.4.